The van der Waals surface area contributed by atoms with Gasteiger partial charge in [0.25, 0.3) is 5.91 Å². The number of amides is 1. The highest BCUT2D eigenvalue weighted by molar-refractivity contribution is 6.33. The van der Waals surface area contributed by atoms with Crippen LogP contribution in [0.1, 0.15) is 21.5 Å². The van der Waals surface area contributed by atoms with Crippen LogP contribution in [0.25, 0.3) is 0 Å². The monoisotopic (exact) mass is 351 g/mol. The molecule has 0 fully saturated rings. The number of hydrogen-bond acceptors (Lipinski definition) is 2. The van der Waals surface area contributed by atoms with Gasteiger partial charge < -0.3 is 10.1 Å². The highest BCUT2D eigenvalue weighted by Gasteiger charge is 2.08. The Morgan fingerprint density at radius 2 is 1.76 bits per heavy atom. The first-order valence-electron chi connectivity index (χ1n) is 7.96. The molecule has 126 valence electrons. The molecule has 3 rings (SSSR count). The molecule has 0 radical (unpaired) electrons. The van der Waals surface area contributed by atoms with Crippen LogP contribution in [0.3, 0.4) is 0 Å². The predicted molar refractivity (Wildman–Crippen MR) is 101 cm³/mol. The third kappa shape index (κ3) is 4.61. The molecule has 0 saturated heterocycles. The van der Waals surface area contributed by atoms with E-state index >= 15 is 0 Å². The minimum Gasteiger partial charge on any atom is -0.489 e. The van der Waals surface area contributed by atoms with Crippen molar-refractivity contribution in [2.45, 2.75) is 13.5 Å². The lowest BCUT2D eigenvalue weighted by Gasteiger charge is -2.09. The summed E-state index contributed by atoms with van der Waals surface area (Å²) in [6.07, 6.45) is 0. The second-order valence-electron chi connectivity index (χ2n) is 5.74. The molecule has 0 unspecified atom stereocenters. The van der Waals surface area contributed by atoms with Crippen LogP contribution in [-0.2, 0) is 6.61 Å². The topological polar surface area (TPSA) is 38.3 Å². The Morgan fingerprint density at radius 3 is 2.48 bits per heavy atom. The van der Waals surface area contributed by atoms with E-state index in [1.54, 1.807) is 24.3 Å². The molecule has 4 heteroatoms. The quantitative estimate of drug-likeness (QED) is 0.661. The summed E-state index contributed by atoms with van der Waals surface area (Å²) < 4.78 is 5.77. The fourth-order valence-electron chi connectivity index (χ4n) is 2.38. The molecule has 0 spiro atoms. The lowest BCUT2D eigenvalue weighted by atomic mass is 10.1. The summed E-state index contributed by atoms with van der Waals surface area (Å²) in [7, 11) is 0. The molecule has 3 nitrogen and oxygen atoms in total. The molecule has 1 amide bonds. The van der Waals surface area contributed by atoms with Gasteiger partial charge >= 0.3 is 0 Å². The lowest BCUT2D eigenvalue weighted by Crippen LogP contribution is -2.12. The number of benzene rings is 3. The summed E-state index contributed by atoms with van der Waals surface area (Å²) in [5.41, 5.74) is 3.32. The number of anilines is 1. The number of rotatable bonds is 5. The van der Waals surface area contributed by atoms with Crippen LogP contribution in [0.2, 0.25) is 5.02 Å². The smallest absolute Gasteiger partial charge is 0.255 e. The molecule has 3 aromatic carbocycles. The van der Waals surface area contributed by atoms with Crippen molar-refractivity contribution >= 4 is 23.2 Å². The normalized spacial score (nSPS) is 10.3. The van der Waals surface area contributed by atoms with Crippen LogP contribution in [-0.4, -0.2) is 5.91 Å². The molecule has 3 aromatic rings. The molecule has 0 saturated carbocycles. The van der Waals surface area contributed by atoms with Crippen LogP contribution in [0, 0.1) is 6.92 Å². The zero-order chi connectivity index (χ0) is 17.6. The number of halogens is 1. The molecule has 0 aliphatic heterocycles. The zero-order valence-electron chi connectivity index (χ0n) is 13.8. The Balaban J connectivity index is 1.61. The largest absolute Gasteiger partial charge is 0.489 e. The number of ether oxygens (including phenoxy) is 1. The van der Waals surface area contributed by atoms with Gasteiger partial charge in [0, 0.05) is 5.56 Å². The van der Waals surface area contributed by atoms with Crippen molar-refractivity contribution in [1.29, 1.82) is 0 Å². The van der Waals surface area contributed by atoms with Crippen LogP contribution in [0.4, 0.5) is 5.69 Å². The predicted octanol–water partition coefficient (Wildman–Crippen LogP) is 5.48. The zero-order valence-corrected chi connectivity index (χ0v) is 14.6. The van der Waals surface area contributed by atoms with E-state index in [9.17, 15) is 4.79 Å². The third-order valence-corrected chi connectivity index (χ3v) is 4.06. The molecule has 0 aliphatic rings. The maximum Gasteiger partial charge on any atom is 0.255 e. The minimum atomic E-state index is -0.195. The Kier molecular flexibility index (Phi) is 5.36. The van der Waals surface area contributed by atoms with E-state index in [4.69, 9.17) is 16.3 Å². The van der Waals surface area contributed by atoms with Gasteiger partial charge in [-0.15, -0.1) is 0 Å². The number of carbonyl (C=O) groups excluding carboxylic acids is 1. The Bertz CT molecular complexity index is 875. The van der Waals surface area contributed by atoms with E-state index in [2.05, 4.69) is 5.32 Å². The number of nitrogens with one attached hydrogen (secondary N) is 1. The van der Waals surface area contributed by atoms with Crippen molar-refractivity contribution in [3.05, 3.63) is 94.5 Å². The second-order valence-corrected chi connectivity index (χ2v) is 6.14. The summed E-state index contributed by atoms with van der Waals surface area (Å²) >= 11 is 6.06. The number of carbonyl (C=O) groups is 1. The molecular formula is C21H18ClNO2. The van der Waals surface area contributed by atoms with Gasteiger partial charge in [-0.3, -0.25) is 4.79 Å². The first-order valence-corrected chi connectivity index (χ1v) is 8.34. The fraction of sp³-hybridized carbons (Fsp3) is 0.0952. The summed E-state index contributed by atoms with van der Waals surface area (Å²) in [5, 5.41) is 3.32. The van der Waals surface area contributed by atoms with Crippen molar-refractivity contribution in [3.8, 4) is 5.75 Å². The Morgan fingerprint density at radius 1 is 1.00 bits per heavy atom. The van der Waals surface area contributed by atoms with Crippen molar-refractivity contribution < 1.29 is 9.53 Å². The number of para-hydroxylation sites is 1. The summed E-state index contributed by atoms with van der Waals surface area (Å²) in [6.45, 7) is 2.48. The molecular weight excluding hydrogens is 334 g/mol. The van der Waals surface area contributed by atoms with Crippen LogP contribution in [0.15, 0.2) is 72.8 Å². The lowest BCUT2D eigenvalue weighted by molar-refractivity contribution is 0.102. The van der Waals surface area contributed by atoms with Crippen LogP contribution in [0.5, 0.6) is 5.75 Å². The van der Waals surface area contributed by atoms with Gasteiger partial charge in [-0.2, -0.15) is 0 Å². The SMILES string of the molecule is Cc1cccc(OCc2ccc(C(=O)Nc3ccccc3Cl)cc2)c1. The highest BCUT2D eigenvalue weighted by Crippen LogP contribution is 2.21. The summed E-state index contributed by atoms with van der Waals surface area (Å²) in [6, 6.07) is 22.4. The maximum absolute atomic E-state index is 12.3. The van der Waals surface area contributed by atoms with Gasteiger partial charge in [-0.1, -0.05) is 48.0 Å². The molecule has 25 heavy (non-hydrogen) atoms. The fourth-order valence-corrected chi connectivity index (χ4v) is 2.56. The second kappa shape index (κ2) is 7.86. The molecule has 0 heterocycles. The van der Waals surface area contributed by atoms with Crippen LogP contribution >= 0.6 is 11.6 Å². The molecule has 1 N–H and O–H groups in total. The van der Waals surface area contributed by atoms with Gasteiger partial charge in [0.1, 0.15) is 12.4 Å². The standard InChI is InChI=1S/C21H18ClNO2/c1-15-5-4-6-18(13-15)25-14-16-9-11-17(12-10-16)21(24)23-20-8-3-2-7-19(20)22/h2-13H,14H2,1H3,(H,23,24). The van der Waals surface area contributed by atoms with Gasteiger partial charge in [0.2, 0.25) is 0 Å². The number of hydrogen-bond donors (Lipinski definition) is 1. The van der Waals surface area contributed by atoms with E-state index in [0.29, 0.717) is 22.9 Å². The first kappa shape index (κ1) is 17.1. The van der Waals surface area contributed by atoms with E-state index < -0.39 is 0 Å². The minimum absolute atomic E-state index is 0.195. The Labute approximate surface area is 152 Å². The van der Waals surface area contributed by atoms with Gasteiger partial charge in [0.15, 0.2) is 0 Å². The highest BCUT2D eigenvalue weighted by atomic mass is 35.5. The van der Waals surface area contributed by atoms with E-state index in [1.165, 1.54) is 0 Å². The molecule has 0 aliphatic carbocycles. The number of aryl methyl sites for hydroxylation is 1. The van der Waals surface area contributed by atoms with Gasteiger partial charge in [-0.05, 0) is 54.4 Å². The molecule has 0 bridgehead atoms. The van der Waals surface area contributed by atoms with Crippen molar-refractivity contribution in [1.82, 2.24) is 0 Å². The average molecular weight is 352 g/mol. The van der Waals surface area contributed by atoms with Crippen LogP contribution < -0.4 is 10.1 Å². The van der Waals surface area contributed by atoms with Crippen molar-refractivity contribution in [3.63, 3.8) is 0 Å². The first-order chi connectivity index (χ1) is 12.1. The van der Waals surface area contributed by atoms with E-state index in [0.717, 1.165) is 16.9 Å². The average Bonchev–Trinajstić information content (AvgIpc) is 2.62. The summed E-state index contributed by atoms with van der Waals surface area (Å²) in [4.78, 5) is 12.3. The van der Waals surface area contributed by atoms with Gasteiger partial charge in [-0.25, -0.2) is 0 Å². The molecule has 0 aromatic heterocycles. The third-order valence-electron chi connectivity index (χ3n) is 3.73. The van der Waals surface area contributed by atoms with Crippen molar-refractivity contribution in [2.75, 3.05) is 5.32 Å². The van der Waals surface area contributed by atoms with Crippen molar-refractivity contribution in [2.24, 2.45) is 0 Å². The Hall–Kier alpha value is -2.78. The van der Waals surface area contributed by atoms with Gasteiger partial charge in [0.05, 0.1) is 10.7 Å². The van der Waals surface area contributed by atoms with E-state index in [-0.39, 0.29) is 5.91 Å². The van der Waals surface area contributed by atoms with E-state index in [1.807, 2.05) is 55.5 Å². The maximum atomic E-state index is 12.3. The molecule has 0 atom stereocenters. The summed E-state index contributed by atoms with van der Waals surface area (Å²) in [5.74, 6) is 0.639.